The molecule has 0 spiro atoms. The molecule has 3 N–H and O–H groups in total. The first-order valence-electron chi connectivity index (χ1n) is 11.2. The molecule has 4 rings (SSSR count). The molecule has 4 aromatic rings. The van der Waals surface area contributed by atoms with Crippen LogP contribution in [0.15, 0.2) is 39.9 Å². The normalized spacial score (nSPS) is 12.2. The highest BCUT2D eigenvalue weighted by Crippen LogP contribution is 2.26. The summed E-state index contributed by atoms with van der Waals surface area (Å²) in [4.78, 5) is 45.4. The number of nitrogens with zero attached hydrogens (tertiary/aromatic N) is 5. The zero-order chi connectivity index (χ0) is 25.3. The van der Waals surface area contributed by atoms with E-state index in [-0.39, 0.29) is 17.0 Å². The Balaban J connectivity index is 1.76. The highest BCUT2D eigenvalue weighted by molar-refractivity contribution is 5.81. The first-order chi connectivity index (χ1) is 16.7. The maximum absolute atomic E-state index is 13.3. The van der Waals surface area contributed by atoms with E-state index in [4.69, 9.17) is 10.5 Å². The molecule has 0 radical (unpaired) electrons. The molecular formula is C23H26FN7O4. The van der Waals surface area contributed by atoms with Gasteiger partial charge in [0.05, 0.1) is 0 Å². The van der Waals surface area contributed by atoms with Gasteiger partial charge in [-0.25, -0.2) is 14.2 Å². The minimum absolute atomic E-state index is 0.0745. The van der Waals surface area contributed by atoms with E-state index in [0.717, 1.165) is 0 Å². The fourth-order valence-electron chi connectivity index (χ4n) is 3.90. The third-order valence-electron chi connectivity index (χ3n) is 5.53. The summed E-state index contributed by atoms with van der Waals surface area (Å²) >= 11 is 0. The van der Waals surface area contributed by atoms with Crippen LogP contribution < -0.4 is 21.7 Å². The second-order valence-electron chi connectivity index (χ2n) is 8.12. The van der Waals surface area contributed by atoms with Gasteiger partial charge in [-0.05, 0) is 25.0 Å². The van der Waals surface area contributed by atoms with E-state index in [0.29, 0.717) is 43.0 Å². The van der Waals surface area contributed by atoms with Crippen molar-refractivity contribution < 1.29 is 13.9 Å². The molecule has 0 aliphatic rings. The van der Waals surface area contributed by atoms with Crippen LogP contribution in [0.4, 0.5) is 4.39 Å². The number of amides is 1. The molecule has 3 aromatic heterocycles. The Morgan fingerprint density at radius 2 is 1.80 bits per heavy atom. The lowest BCUT2D eigenvalue weighted by atomic mass is 10.1. The molecule has 0 bridgehead atoms. The number of hydrogen-bond acceptors (Lipinski definition) is 6. The number of H-pyrrole nitrogens is 1. The van der Waals surface area contributed by atoms with Gasteiger partial charge < -0.3 is 15.5 Å². The minimum atomic E-state index is -1.19. The molecule has 1 amide bonds. The quantitative estimate of drug-likeness (QED) is 0.372. The number of rotatable bonds is 9. The lowest BCUT2D eigenvalue weighted by Crippen LogP contribution is -2.40. The van der Waals surface area contributed by atoms with Crippen molar-refractivity contribution in [3.63, 3.8) is 0 Å². The monoisotopic (exact) mass is 483 g/mol. The molecule has 35 heavy (non-hydrogen) atoms. The summed E-state index contributed by atoms with van der Waals surface area (Å²) in [6, 6.07) is 6.75. The molecular weight excluding hydrogens is 457 g/mol. The van der Waals surface area contributed by atoms with E-state index < -0.39 is 29.1 Å². The van der Waals surface area contributed by atoms with Gasteiger partial charge >= 0.3 is 5.69 Å². The predicted molar refractivity (Wildman–Crippen MR) is 126 cm³/mol. The van der Waals surface area contributed by atoms with Crippen molar-refractivity contribution in [2.24, 2.45) is 12.8 Å². The highest BCUT2D eigenvalue weighted by atomic mass is 19.1. The average molecular weight is 484 g/mol. The van der Waals surface area contributed by atoms with Crippen LogP contribution in [0, 0.1) is 5.82 Å². The third-order valence-corrected chi connectivity index (χ3v) is 5.53. The van der Waals surface area contributed by atoms with Crippen molar-refractivity contribution >= 4 is 17.1 Å². The van der Waals surface area contributed by atoms with Crippen molar-refractivity contribution in [2.75, 3.05) is 0 Å². The number of aryl methyl sites for hydroxylation is 2. The van der Waals surface area contributed by atoms with Crippen molar-refractivity contribution in [3.05, 3.63) is 62.6 Å². The number of hydrogen-bond donors (Lipinski definition) is 2. The summed E-state index contributed by atoms with van der Waals surface area (Å²) in [7, 11) is 1.64. The maximum atomic E-state index is 13.3. The van der Waals surface area contributed by atoms with Gasteiger partial charge in [-0.15, -0.1) is 5.10 Å². The largest absolute Gasteiger partial charge is 0.458 e. The lowest BCUT2D eigenvalue weighted by Gasteiger charge is -2.14. The van der Waals surface area contributed by atoms with Crippen LogP contribution in [0.25, 0.3) is 22.7 Å². The highest BCUT2D eigenvalue weighted by Gasteiger charge is 2.24. The summed E-state index contributed by atoms with van der Waals surface area (Å²) in [6.45, 7) is 4.53. The number of nitrogens with two attached hydrogens (primary N) is 1. The Kier molecular flexibility index (Phi) is 6.54. The molecule has 11 nitrogen and oxygen atoms in total. The van der Waals surface area contributed by atoms with Crippen molar-refractivity contribution in [3.8, 4) is 17.4 Å². The standard InChI is InChI=1S/C23H26FN7O4/c1-4-10-30-21-17(22(33)31(11-5-2)23(30)34)26-20(27-21)15-12-16(28-29(15)3)35-18(19(25)32)13-6-8-14(24)9-7-13/h6-9,12,18H,4-5,10-11H2,1-3H3,(H2,25,32)(H,26,27). The fourth-order valence-corrected chi connectivity index (χ4v) is 3.90. The van der Waals surface area contributed by atoms with E-state index in [1.807, 2.05) is 13.8 Å². The molecule has 1 aromatic carbocycles. The third kappa shape index (κ3) is 4.46. The summed E-state index contributed by atoms with van der Waals surface area (Å²) in [6.07, 6.45) is 0.124. The molecule has 0 fully saturated rings. The number of nitrogens with one attached hydrogen (secondary N) is 1. The number of ether oxygens (including phenoxy) is 1. The number of halogens is 1. The number of carbonyl (C=O) groups is 1. The molecule has 0 saturated heterocycles. The minimum Gasteiger partial charge on any atom is -0.458 e. The molecule has 1 unspecified atom stereocenters. The summed E-state index contributed by atoms with van der Waals surface area (Å²) in [5.74, 6) is -0.850. The Bertz CT molecular complexity index is 1500. The lowest BCUT2D eigenvalue weighted by molar-refractivity contribution is -0.125. The van der Waals surface area contributed by atoms with Crippen LogP contribution in [0.5, 0.6) is 5.88 Å². The van der Waals surface area contributed by atoms with Gasteiger partial charge in [0.15, 0.2) is 11.5 Å². The van der Waals surface area contributed by atoms with Crippen molar-refractivity contribution in [1.29, 1.82) is 0 Å². The van der Waals surface area contributed by atoms with Gasteiger partial charge in [0.1, 0.15) is 17.0 Å². The second kappa shape index (κ2) is 9.57. The van der Waals surface area contributed by atoms with E-state index >= 15 is 0 Å². The van der Waals surface area contributed by atoms with Gasteiger partial charge in [-0.3, -0.25) is 23.4 Å². The summed E-state index contributed by atoms with van der Waals surface area (Å²) < 4.78 is 23.2. The van der Waals surface area contributed by atoms with Crippen molar-refractivity contribution in [2.45, 2.75) is 45.9 Å². The topological polar surface area (TPSA) is 143 Å². The van der Waals surface area contributed by atoms with Crippen LogP contribution in [0.3, 0.4) is 0 Å². The molecule has 3 heterocycles. The van der Waals surface area contributed by atoms with Gasteiger partial charge in [-0.2, -0.15) is 0 Å². The van der Waals surface area contributed by atoms with Gasteiger partial charge in [-0.1, -0.05) is 26.0 Å². The number of fused-ring (bicyclic) bond motifs is 1. The van der Waals surface area contributed by atoms with E-state index in [9.17, 15) is 18.8 Å². The number of benzene rings is 1. The summed E-state index contributed by atoms with van der Waals surface area (Å²) in [5, 5.41) is 4.27. The van der Waals surface area contributed by atoms with Gasteiger partial charge in [0, 0.05) is 31.8 Å². The SMILES string of the molecule is CCCn1c(=O)c2[nH]c(-c3cc(OC(C(N)=O)c4ccc(F)cc4)nn3C)nc2n(CCC)c1=O. The zero-order valence-corrected chi connectivity index (χ0v) is 19.6. The molecule has 0 saturated carbocycles. The smallest absolute Gasteiger partial charge is 0.332 e. The van der Waals surface area contributed by atoms with Crippen LogP contribution >= 0.6 is 0 Å². The zero-order valence-electron chi connectivity index (χ0n) is 19.6. The summed E-state index contributed by atoms with van der Waals surface area (Å²) in [5.41, 5.74) is 5.95. The van der Waals surface area contributed by atoms with E-state index in [1.54, 1.807) is 7.05 Å². The molecule has 184 valence electrons. The molecule has 12 heteroatoms. The Morgan fingerprint density at radius 1 is 1.14 bits per heavy atom. The molecule has 1 atom stereocenters. The van der Waals surface area contributed by atoms with Gasteiger partial charge in [0.25, 0.3) is 11.5 Å². The average Bonchev–Trinajstić information content (AvgIpc) is 3.42. The first-order valence-corrected chi connectivity index (χ1v) is 11.2. The molecule has 0 aliphatic carbocycles. The van der Waals surface area contributed by atoms with Crippen LogP contribution in [-0.2, 0) is 24.9 Å². The number of aromatic amines is 1. The number of carbonyl (C=O) groups excluding carboxylic acids is 1. The number of aromatic nitrogens is 6. The first kappa shape index (κ1) is 23.9. The van der Waals surface area contributed by atoms with Crippen LogP contribution in [0.2, 0.25) is 0 Å². The van der Waals surface area contributed by atoms with Crippen LogP contribution in [-0.4, -0.2) is 34.8 Å². The predicted octanol–water partition coefficient (Wildman–Crippen LogP) is 1.85. The van der Waals surface area contributed by atoms with Crippen LogP contribution in [0.1, 0.15) is 38.4 Å². The molecule has 0 aliphatic heterocycles. The van der Waals surface area contributed by atoms with Crippen molar-refractivity contribution in [1.82, 2.24) is 28.9 Å². The number of imidazole rings is 1. The van der Waals surface area contributed by atoms with E-state index in [2.05, 4.69) is 15.1 Å². The Morgan fingerprint density at radius 3 is 2.43 bits per heavy atom. The number of primary amides is 1. The Labute approximate surface area is 199 Å². The second-order valence-corrected chi connectivity index (χ2v) is 8.12. The van der Waals surface area contributed by atoms with E-state index in [1.165, 1.54) is 44.1 Å². The maximum Gasteiger partial charge on any atom is 0.332 e. The fraction of sp³-hybridized carbons (Fsp3) is 0.348. The van der Waals surface area contributed by atoms with Gasteiger partial charge in [0.2, 0.25) is 12.0 Å². The Hall–Kier alpha value is -4.22.